The molecule has 1 heterocycles. The highest BCUT2D eigenvalue weighted by atomic mass is 35.5. The molecule has 1 aromatic carbocycles. The molecule has 1 aromatic rings. The number of halogens is 1. The van der Waals surface area contributed by atoms with Crippen molar-refractivity contribution in [1.29, 1.82) is 0 Å². The van der Waals surface area contributed by atoms with Crippen LogP contribution in [0.5, 0.6) is 0 Å². The maximum Gasteiger partial charge on any atom is 0.253 e. The number of carbonyl (C=O) groups is 1. The minimum atomic E-state index is -0.364. The summed E-state index contributed by atoms with van der Waals surface area (Å²) in [6.45, 7) is 2.59. The van der Waals surface area contributed by atoms with Gasteiger partial charge in [0, 0.05) is 30.7 Å². The molecule has 2 aliphatic rings. The molecule has 1 atom stereocenters. The molecular formula is C17H23ClN2O2. The number of carbonyl (C=O) groups excluding carboxylic acids is 1. The third-order valence-corrected chi connectivity index (χ3v) is 4.92. The summed E-state index contributed by atoms with van der Waals surface area (Å²) in [4.78, 5) is 14.9. The van der Waals surface area contributed by atoms with E-state index in [4.69, 9.17) is 16.3 Å². The van der Waals surface area contributed by atoms with Gasteiger partial charge in [0.05, 0.1) is 6.61 Å². The summed E-state index contributed by atoms with van der Waals surface area (Å²) in [6, 6.07) is 8.08. The van der Waals surface area contributed by atoms with Gasteiger partial charge in [0.1, 0.15) is 6.10 Å². The number of amides is 1. The first-order valence-electron chi connectivity index (χ1n) is 8.12. The largest absolute Gasteiger partial charge is 0.366 e. The lowest BCUT2D eigenvalue weighted by molar-refractivity contribution is -0.148. The van der Waals surface area contributed by atoms with Gasteiger partial charge >= 0.3 is 0 Å². The summed E-state index contributed by atoms with van der Waals surface area (Å²) in [6.07, 6.45) is 4.19. The first-order valence-corrected chi connectivity index (χ1v) is 8.49. The normalized spacial score (nSPS) is 22.7. The van der Waals surface area contributed by atoms with Crippen molar-refractivity contribution in [2.45, 2.75) is 44.4 Å². The molecule has 0 bridgehead atoms. The van der Waals surface area contributed by atoms with Crippen molar-refractivity contribution in [3.63, 3.8) is 0 Å². The van der Waals surface area contributed by atoms with Crippen molar-refractivity contribution in [3.8, 4) is 0 Å². The highest BCUT2D eigenvalue weighted by Crippen LogP contribution is 2.27. The van der Waals surface area contributed by atoms with Crippen molar-refractivity contribution >= 4 is 17.5 Å². The molecule has 2 fully saturated rings. The molecule has 22 heavy (non-hydrogen) atoms. The van der Waals surface area contributed by atoms with Crippen molar-refractivity contribution in [2.75, 3.05) is 19.7 Å². The molecule has 1 unspecified atom stereocenters. The molecule has 1 aliphatic carbocycles. The molecule has 4 nitrogen and oxygen atoms in total. The van der Waals surface area contributed by atoms with Crippen LogP contribution in [0.1, 0.15) is 31.2 Å². The number of hydrogen-bond donors (Lipinski definition) is 1. The molecule has 5 heteroatoms. The van der Waals surface area contributed by atoms with E-state index in [2.05, 4.69) is 5.32 Å². The van der Waals surface area contributed by atoms with Crippen LogP contribution < -0.4 is 5.32 Å². The Hall–Kier alpha value is -1.10. The predicted molar refractivity (Wildman–Crippen MR) is 86.9 cm³/mol. The van der Waals surface area contributed by atoms with E-state index in [0.29, 0.717) is 25.7 Å². The summed E-state index contributed by atoms with van der Waals surface area (Å²) in [5.74, 6) is 0.0963. The number of nitrogens with zero attached hydrogens (tertiary/aromatic N) is 1. The second-order valence-electron chi connectivity index (χ2n) is 6.06. The van der Waals surface area contributed by atoms with Crippen molar-refractivity contribution < 1.29 is 9.53 Å². The topological polar surface area (TPSA) is 41.6 Å². The number of rotatable bonds is 4. The molecule has 1 saturated heterocycles. The Morgan fingerprint density at radius 3 is 2.77 bits per heavy atom. The number of nitrogens with one attached hydrogen (secondary N) is 1. The van der Waals surface area contributed by atoms with Gasteiger partial charge in [-0.2, -0.15) is 0 Å². The molecule has 1 N–H and O–H groups in total. The van der Waals surface area contributed by atoms with Gasteiger partial charge in [0.15, 0.2) is 0 Å². The van der Waals surface area contributed by atoms with Crippen LogP contribution >= 0.6 is 11.6 Å². The second kappa shape index (κ2) is 7.44. The van der Waals surface area contributed by atoms with E-state index in [9.17, 15) is 4.79 Å². The molecule has 1 saturated carbocycles. The number of hydrogen-bond acceptors (Lipinski definition) is 3. The molecule has 3 rings (SSSR count). The van der Waals surface area contributed by atoms with Gasteiger partial charge < -0.3 is 15.0 Å². The van der Waals surface area contributed by atoms with Gasteiger partial charge in [-0.3, -0.25) is 4.79 Å². The van der Waals surface area contributed by atoms with Gasteiger partial charge in [-0.05, 0) is 24.5 Å². The maximum atomic E-state index is 12.9. The molecular weight excluding hydrogens is 300 g/mol. The summed E-state index contributed by atoms with van der Waals surface area (Å²) in [7, 11) is 0. The minimum Gasteiger partial charge on any atom is -0.366 e. The Bertz CT molecular complexity index is 511. The highest BCUT2D eigenvalue weighted by molar-refractivity contribution is 6.31. The predicted octanol–water partition coefficient (Wildman–Crippen LogP) is 2.60. The lowest BCUT2D eigenvalue weighted by Gasteiger charge is -2.34. The summed E-state index contributed by atoms with van der Waals surface area (Å²) in [5.41, 5.74) is 1.01. The zero-order valence-electron chi connectivity index (χ0n) is 12.8. The van der Waals surface area contributed by atoms with Gasteiger partial charge in [-0.1, -0.05) is 42.6 Å². The number of benzene rings is 1. The van der Waals surface area contributed by atoms with Crippen molar-refractivity contribution in [1.82, 2.24) is 10.2 Å². The standard InChI is InChI=1S/C17H23ClN2O2/c18-15-8-4-1-5-13(15)12-20(14-6-2-3-7-14)17(21)16-11-19-9-10-22-16/h1,4-5,8,14,16,19H,2-3,6-7,9-12H2. The molecule has 1 aliphatic heterocycles. The zero-order valence-corrected chi connectivity index (χ0v) is 13.5. The summed E-state index contributed by atoms with van der Waals surface area (Å²) < 4.78 is 5.66. The molecule has 120 valence electrons. The lowest BCUT2D eigenvalue weighted by Crippen LogP contribution is -2.51. The summed E-state index contributed by atoms with van der Waals surface area (Å²) >= 11 is 6.28. The Labute approximate surface area is 136 Å². The Kier molecular flexibility index (Phi) is 5.34. The van der Waals surface area contributed by atoms with Crippen LogP contribution in [0.25, 0.3) is 0 Å². The monoisotopic (exact) mass is 322 g/mol. The first-order chi connectivity index (χ1) is 10.8. The Morgan fingerprint density at radius 1 is 1.32 bits per heavy atom. The van der Waals surface area contributed by atoms with Crippen molar-refractivity contribution in [2.24, 2.45) is 0 Å². The third-order valence-electron chi connectivity index (χ3n) is 4.55. The van der Waals surface area contributed by atoms with Crippen LogP contribution in [0.2, 0.25) is 5.02 Å². The van der Waals surface area contributed by atoms with E-state index >= 15 is 0 Å². The van der Waals surface area contributed by atoms with Gasteiger partial charge in [0.25, 0.3) is 5.91 Å². The minimum absolute atomic E-state index is 0.0963. The van der Waals surface area contributed by atoms with Crippen LogP contribution in [-0.2, 0) is 16.1 Å². The van der Waals surface area contributed by atoms with Gasteiger partial charge in [-0.15, -0.1) is 0 Å². The lowest BCUT2D eigenvalue weighted by atomic mass is 10.1. The SMILES string of the molecule is O=C(C1CNCCO1)N(Cc1ccccc1Cl)C1CCCC1. The second-order valence-corrected chi connectivity index (χ2v) is 6.47. The van der Waals surface area contributed by atoms with Gasteiger partial charge in [-0.25, -0.2) is 0 Å². The number of ether oxygens (including phenoxy) is 1. The Balaban J connectivity index is 1.77. The van der Waals surface area contributed by atoms with Crippen LogP contribution in [0.15, 0.2) is 24.3 Å². The van der Waals surface area contributed by atoms with Crippen LogP contribution in [0.3, 0.4) is 0 Å². The van der Waals surface area contributed by atoms with Gasteiger partial charge in [0.2, 0.25) is 0 Å². The quantitative estimate of drug-likeness (QED) is 0.926. The van der Waals surface area contributed by atoms with E-state index in [1.165, 1.54) is 12.8 Å². The maximum absolute atomic E-state index is 12.9. The van der Waals surface area contributed by atoms with Crippen LogP contribution in [0, 0.1) is 0 Å². The van der Waals surface area contributed by atoms with E-state index in [1.807, 2.05) is 29.2 Å². The van der Waals surface area contributed by atoms with Crippen LogP contribution in [0.4, 0.5) is 0 Å². The number of morpholine rings is 1. The molecule has 1 amide bonds. The highest BCUT2D eigenvalue weighted by Gasteiger charge is 2.33. The average molecular weight is 323 g/mol. The average Bonchev–Trinajstić information content (AvgIpc) is 3.08. The Morgan fingerprint density at radius 2 is 2.09 bits per heavy atom. The molecule has 0 radical (unpaired) electrons. The molecule has 0 aromatic heterocycles. The smallest absolute Gasteiger partial charge is 0.253 e. The first kappa shape index (κ1) is 15.8. The zero-order chi connectivity index (χ0) is 15.4. The van der Waals surface area contributed by atoms with E-state index in [-0.39, 0.29) is 12.0 Å². The van der Waals surface area contributed by atoms with E-state index in [0.717, 1.165) is 30.0 Å². The fraction of sp³-hybridized carbons (Fsp3) is 0.588. The third kappa shape index (κ3) is 3.62. The van der Waals surface area contributed by atoms with E-state index < -0.39 is 0 Å². The van der Waals surface area contributed by atoms with E-state index in [1.54, 1.807) is 0 Å². The van der Waals surface area contributed by atoms with Crippen molar-refractivity contribution in [3.05, 3.63) is 34.9 Å². The molecule has 0 spiro atoms. The summed E-state index contributed by atoms with van der Waals surface area (Å²) in [5, 5.41) is 3.96. The fourth-order valence-electron chi connectivity index (χ4n) is 3.32. The van der Waals surface area contributed by atoms with Crippen LogP contribution in [-0.4, -0.2) is 42.6 Å². The fourth-order valence-corrected chi connectivity index (χ4v) is 3.52.